The number of pyridine rings is 1. The van der Waals surface area contributed by atoms with Crippen LogP contribution in [0, 0.1) is 0 Å². The minimum Gasteiger partial charge on any atom is -0.325 e. The Kier molecular flexibility index (Phi) is 3.61. The lowest BCUT2D eigenvalue weighted by atomic mass is 9.94. The zero-order chi connectivity index (χ0) is 10.6. The van der Waals surface area contributed by atoms with Gasteiger partial charge >= 0.3 is 0 Å². The van der Waals surface area contributed by atoms with Gasteiger partial charge in [-0.05, 0) is 39.4 Å². The molecule has 0 amide bonds. The molecule has 0 bridgehead atoms. The van der Waals surface area contributed by atoms with Gasteiger partial charge in [0.15, 0.2) is 0 Å². The van der Waals surface area contributed by atoms with Gasteiger partial charge in [-0.3, -0.25) is 4.98 Å². The molecular weight excluding hydrogens is 174 g/mol. The summed E-state index contributed by atoms with van der Waals surface area (Å²) in [6.07, 6.45) is 2.68. The average Bonchev–Trinajstić information content (AvgIpc) is 2.14. The van der Waals surface area contributed by atoms with Crippen molar-refractivity contribution in [3.05, 3.63) is 30.1 Å². The van der Waals surface area contributed by atoms with Gasteiger partial charge in [-0.2, -0.15) is 0 Å². The summed E-state index contributed by atoms with van der Waals surface area (Å²) in [6.45, 7) is 4.06. The van der Waals surface area contributed by atoms with E-state index >= 15 is 0 Å². The molecule has 0 aromatic carbocycles. The minimum absolute atomic E-state index is 0.175. The zero-order valence-corrected chi connectivity index (χ0v) is 9.12. The first-order chi connectivity index (χ1) is 6.53. The number of nitrogens with one attached hydrogen (secondary N) is 1. The fourth-order valence-electron chi connectivity index (χ4n) is 1.46. The Hall–Kier alpha value is -0.930. The molecule has 0 radical (unpaired) electrons. The number of rotatable bonds is 4. The smallest absolute Gasteiger partial charge is 0.0573 e. The molecule has 0 fully saturated rings. The van der Waals surface area contributed by atoms with E-state index in [1.807, 2.05) is 45.3 Å². The van der Waals surface area contributed by atoms with E-state index in [4.69, 9.17) is 5.73 Å². The van der Waals surface area contributed by atoms with Crippen molar-refractivity contribution in [3.63, 3.8) is 0 Å². The Morgan fingerprint density at radius 2 is 2.21 bits per heavy atom. The van der Waals surface area contributed by atoms with Crippen molar-refractivity contribution in [1.82, 2.24) is 10.3 Å². The first-order valence-electron chi connectivity index (χ1n) is 4.90. The van der Waals surface area contributed by atoms with Crippen molar-refractivity contribution < 1.29 is 0 Å². The van der Waals surface area contributed by atoms with Crippen LogP contribution < -0.4 is 11.1 Å². The molecule has 1 heterocycles. The second-order valence-corrected chi connectivity index (χ2v) is 4.29. The summed E-state index contributed by atoms with van der Waals surface area (Å²) in [5, 5.41) is 3.23. The molecule has 3 N–H and O–H groups in total. The van der Waals surface area contributed by atoms with Gasteiger partial charge in [0.1, 0.15) is 0 Å². The van der Waals surface area contributed by atoms with Crippen LogP contribution in [0.3, 0.4) is 0 Å². The highest BCUT2D eigenvalue weighted by molar-refractivity contribution is 5.09. The fraction of sp³-hybridized carbons (Fsp3) is 0.545. The molecule has 0 aliphatic heterocycles. The minimum atomic E-state index is -0.175. The molecule has 0 aliphatic carbocycles. The Morgan fingerprint density at radius 1 is 1.50 bits per heavy atom. The van der Waals surface area contributed by atoms with Crippen molar-refractivity contribution in [1.29, 1.82) is 0 Å². The first kappa shape index (κ1) is 11.1. The van der Waals surface area contributed by atoms with Crippen LogP contribution in [-0.2, 0) is 0 Å². The molecule has 1 rings (SSSR count). The monoisotopic (exact) mass is 193 g/mol. The zero-order valence-electron chi connectivity index (χ0n) is 9.12. The molecule has 0 saturated heterocycles. The number of hydrogen-bond donors (Lipinski definition) is 2. The van der Waals surface area contributed by atoms with Gasteiger partial charge in [-0.1, -0.05) is 6.07 Å². The Labute approximate surface area is 85.7 Å². The van der Waals surface area contributed by atoms with E-state index in [2.05, 4.69) is 10.3 Å². The van der Waals surface area contributed by atoms with Gasteiger partial charge in [-0.15, -0.1) is 0 Å². The van der Waals surface area contributed by atoms with Crippen LogP contribution >= 0.6 is 0 Å². The van der Waals surface area contributed by atoms with E-state index in [9.17, 15) is 0 Å². The highest BCUT2D eigenvalue weighted by atomic mass is 14.9. The number of aromatic nitrogens is 1. The van der Waals surface area contributed by atoms with Crippen molar-refractivity contribution in [2.75, 3.05) is 7.05 Å². The molecule has 1 atom stereocenters. The summed E-state index contributed by atoms with van der Waals surface area (Å²) in [6, 6.07) is 6.17. The Morgan fingerprint density at radius 3 is 2.64 bits per heavy atom. The molecular formula is C11H19N3. The predicted octanol–water partition coefficient (Wildman–Crippen LogP) is 1.47. The molecule has 3 nitrogen and oxygen atoms in total. The molecule has 1 aromatic rings. The predicted molar refractivity (Wildman–Crippen MR) is 58.9 cm³/mol. The van der Waals surface area contributed by atoms with E-state index in [0.29, 0.717) is 0 Å². The van der Waals surface area contributed by atoms with Crippen LogP contribution in [-0.4, -0.2) is 17.6 Å². The van der Waals surface area contributed by atoms with Crippen molar-refractivity contribution in [3.8, 4) is 0 Å². The third-order valence-electron chi connectivity index (χ3n) is 2.12. The normalized spacial score (nSPS) is 14.0. The maximum atomic E-state index is 5.98. The van der Waals surface area contributed by atoms with Crippen LogP contribution in [0.15, 0.2) is 24.4 Å². The summed E-state index contributed by atoms with van der Waals surface area (Å²) < 4.78 is 0. The van der Waals surface area contributed by atoms with Gasteiger partial charge in [0.05, 0.1) is 11.7 Å². The van der Waals surface area contributed by atoms with E-state index in [1.165, 1.54) is 0 Å². The summed E-state index contributed by atoms with van der Waals surface area (Å²) in [5.74, 6) is 0. The van der Waals surface area contributed by atoms with Crippen molar-refractivity contribution >= 4 is 0 Å². The molecule has 0 aliphatic rings. The largest absolute Gasteiger partial charge is 0.325 e. The number of hydrogen-bond acceptors (Lipinski definition) is 3. The topological polar surface area (TPSA) is 50.9 Å². The van der Waals surface area contributed by atoms with E-state index in [0.717, 1.165) is 12.1 Å². The number of nitrogens with two attached hydrogens (primary N) is 1. The van der Waals surface area contributed by atoms with E-state index < -0.39 is 0 Å². The van der Waals surface area contributed by atoms with E-state index in [1.54, 1.807) is 0 Å². The van der Waals surface area contributed by atoms with E-state index in [-0.39, 0.29) is 11.6 Å². The first-order valence-corrected chi connectivity index (χ1v) is 4.90. The van der Waals surface area contributed by atoms with Gasteiger partial charge in [0.25, 0.3) is 0 Å². The lowest BCUT2D eigenvalue weighted by molar-refractivity contribution is 0.391. The molecule has 3 heteroatoms. The quantitative estimate of drug-likeness (QED) is 0.761. The van der Waals surface area contributed by atoms with Gasteiger partial charge < -0.3 is 11.1 Å². The highest BCUT2D eigenvalue weighted by Gasteiger charge is 2.19. The van der Waals surface area contributed by atoms with Crippen molar-refractivity contribution in [2.45, 2.75) is 31.8 Å². The standard InChI is InChI=1S/C11H19N3/c1-11(2,12)8-10(13-3)9-6-4-5-7-14-9/h4-7,10,13H,8,12H2,1-3H3. The van der Waals surface area contributed by atoms with Crippen LogP contribution in [0.25, 0.3) is 0 Å². The second-order valence-electron chi connectivity index (χ2n) is 4.29. The molecule has 0 saturated carbocycles. The van der Waals surface area contributed by atoms with Crippen molar-refractivity contribution in [2.24, 2.45) is 5.73 Å². The summed E-state index contributed by atoms with van der Waals surface area (Å²) >= 11 is 0. The van der Waals surface area contributed by atoms with Crippen LogP contribution in [0.5, 0.6) is 0 Å². The molecule has 0 spiro atoms. The number of nitrogens with zero attached hydrogens (tertiary/aromatic N) is 1. The Balaban J connectivity index is 2.73. The lowest BCUT2D eigenvalue weighted by Gasteiger charge is -2.25. The van der Waals surface area contributed by atoms with Crippen LogP contribution in [0.2, 0.25) is 0 Å². The second kappa shape index (κ2) is 4.53. The van der Waals surface area contributed by atoms with Gasteiger partial charge in [0, 0.05) is 11.7 Å². The SMILES string of the molecule is CNC(CC(C)(C)N)c1ccccn1. The third-order valence-corrected chi connectivity index (χ3v) is 2.12. The highest BCUT2D eigenvalue weighted by Crippen LogP contribution is 2.19. The molecule has 1 unspecified atom stereocenters. The summed E-state index contributed by atoms with van der Waals surface area (Å²) in [4.78, 5) is 4.32. The summed E-state index contributed by atoms with van der Waals surface area (Å²) in [5.41, 5.74) is 6.86. The van der Waals surface area contributed by atoms with Crippen LogP contribution in [0.1, 0.15) is 32.0 Å². The molecule has 1 aromatic heterocycles. The molecule has 78 valence electrons. The van der Waals surface area contributed by atoms with Gasteiger partial charge in [0.2, 0.25) is 0 Å². The summed E-state index contributed by atoms with van der Waals surface area (Å²) in [7, 11) is 1.94. The third kappa shape index (κ3) is 3.44. The fourth-order valence-corrected chi connectivity index (χ4v) is 1.46. The van der Waals surface area contributed by atoms with Gasteiger partial charge in [-0.25, -0.2) is 0 Å². The maximum absolute atomic E-state index is 5.98. The lowest BCUT2D eigenvalue weighted by Crippen LogP contribution is -2.37. The maximum Gasteiger partial charge on any atom is 0.0573 e. The van der Waals surface area contributed by atoms with Crippen LogP contribution in [0.4, 0.5) is 0 Å². The molecule has 14 heavy (non-hydrogen) atoms. The average molecular weight is 193 g/mol. The Bertz CT molecular complexity index is 264.